The molecule has 2 aliphatic heterocycles. The number of rotatable bonds is 5. The highest BCUT2D eigenvalue weighted by Crippen LogP contribution is 2.37. The molecule has 1 atom stereocenters. The van der Waals surface area contributed by atoms with Gasteiger partial charge >= 0.3 is 12.4 Å². The second-order valence-electron chi connectivity index (χ2n) is 10.8. The standard InChI is InChI=1S/C32H31F6N3OS.2ClH/c33-31(34,35)27-19-26(20-28(21-27)32(36,37)38)30(42)41-12-11-40(10-4-3-9-39-13-15-43-16-14-39)22-29(41)18-23-7-8-24-5-1-2-6-25(24)17-23;;/h1-2,5-8,17,19-21,29H,9-16,18,22H2;2*1H/t29-;;/m1../s1. The predicted molar refractivity (Wildman–Crippen MR) is 171 cm³/mol. The van der Waals surface area contributed by atoms with Crippen LogP contribution in [0, 0.1) is 11.8 Å². The number of benzene rings is 3. The van der Waals surface area contributed by atoms with Crippen molar-refractivity contribution in [3.63, 3.8) is 0 Å². The van der Waals surface area contributed by atoms with Gasteiger partial charge in [0.05, 0.1) is 24.2 Å². The van der Waals surface area contributed by atoms with Crippen LogP contribution in [-0.2, 0) is 18.8 Å². The number of amides is 1. The number of carbonyl (C=O) groups excluding carboxylic acids is 1. The molecule has 0 aliphatic carbocycles. The van der Waals surface area contributed by atoms with Gasteiger partial charge in [0.25, 0.3) is 5.91 Å². The van der Waals surface area contributed by atoms with E-state index in [9.17, 15) is 31.1 Å². The Morgan fingerprint density at radius 3 is 1.98 bits per heavy atom. The maximum Gasteiger partial charge on any atom is 0.416 e. The van der Waals surface area contributed by atoms with Gasteiger partial charge in [0.2, 0.25) is 0 Å². The van der Waals surface area contributed by atoms with Gasteiger partial charge in [0.1, 0.15) is 0 Å². The lowest BCUT2D eigenvalue weighted by Crippen LogP contribution is -2.56. The molecule has 13 heteroatoms. The van der Waals surface area contributed by atoms with Crippen LogP contribution in [0.4, 0.5) is 26.3 Å². The molecule has 2 saturated heterocycles. The number of nitrogens with zero attached hydrogens (tertiary/aromatic N) is 3. The van der Waals surface area contributed by atoms with E-state index in [0.29, 0.717) is 44.7 Å². The van der Waals surface area contributed by atoms with Crippen LogP contribution in [0.25, 0.3) is 10.8 Å². The third kappa shape index (κ3) is 9.69. The van der Waals surface area contributed by atoms with Gasteiger partial charge in [-0.3, -0.25) is 14.6 Å². The number of piperazine rings is 1. The van der Waals surface area contributed by atoms with Gasteiger partial charge in [-0.15, -0.1) is 24.8 Å². The average molecular weight is 693 g/mol. The third-order valence-corrected chi connectivity index (χ3v) is 8.72. The lowest BCUT2D eigenvalue weighted by Gasteiger charge is -2.41. The van der Waals surface area contributed by atoms with Crippen LogP contribution in [0.5, 0.6) is 0 Å². The summed E-state index contributed by atoms with van der Waals surface area (Å²) in [7, 11) is 0. The summed E-state index contributed by atoms with van der Waals surface area (Å²) < 4.78 is 81.2. The highest BCUT2D eigenvalue weighted by atomic mass is 35.5. The van der Waals surface area contributed by atoms with Gasteiger partial charge in [-0.05, 0) is 41.0 Å². The first kappa shape index (κ1) is 36.8. The zero-order valence-corrected chi connectivity index (χ0v) is 26.6. The average Bonchev–Trinajstić information content (AvgIpc) is 2.98. The lowest BCUT2D eigenvalue weighted by molar-refractivity contribution is -0.143. The molecule has 1 amide bonds. The van der Waals surface area contributed by atoms with Crippen molar-refractivity contribution in [1.29, 1.82) is 0 Å². The van der Waals surface area contributed by atoms with Crippen molar-refractivity contribution >= 4 is 53.3 Å². The molecule has 5 rings (SSSR count). The molecule has 3 aromatic rings. The number of carbonyl (C=O) groups is 1. The molecule has 0 spiro atoms. The van der Waals surface area contributed by atoms with E-state index in [1.165, 1.54) is 4.90 Å². The molecule has 0 saturated carbocycles. The number of fused-ring (bicyclic) bond motifs is 1. The maximum absolute atomic E-state index is 13.7. The first-order valence-electron chi connectivity index (χ1n) is 14.0. The Kier molecular flexibility index (Phi) is 12.9. The van der Waals surface area contributed by atoms with Gasteiger partial charge in [-0.2, -0.15) is 38.1 Å². The summed E-state index contributed by atoms with van der Waals surface area (Å²) >= 11 is 1.92. The fraction of sp³-hybridized carbons (Fsp3) is 0.406. The molecule has 0 N–H and O–H groups in total. The predicted octanol–water partition coefficient (Wildman–Crippen LogP) is 7.14. The van der Waals surface area contributed by atoms with E-state index < -0.39 is 41.0 Å². The Bertz CT molecular complexity index is 1490. The Labute approximate surface area is 275 Å². The van der Waals surface area contributed by atoms with E-state index in [2.05, 4.69) is 21.6 Å². The zero-order chi connectivity index (χ0) is 30.6. The van der Waals surface area contributed by atoms with Crippen molar-refractivity contribution in [3.8, 4) is 11.8 Å². The molecule has 2 heterocycles. The smallest absolute Gasteiger partial charge is 0.333 e. The summed E-state index contributed by atoms with van der Waals surface area (Å²) in [4.78, 5) is 19.5. The van der Waals surface area contributed by atoms with Crippen LogP contribution >= 0.6 is 36.6 Å². The maximum atomic E-state index is 13.7. The first-order valence-corrected chi connectivity index (χ1v) is 15.2. The highest BCUT2D eigenvalue weighted by Gasteiger charge is 2.39. The van der Waals surface area contributed by atoms with E-state index in [0.717, 1.165) is 40.9 Å². The van der Waals surface area contributed by atoms with Crippen molar-refractivity contribution in [2.75, 3.05) is 57.3 Å². The van der Waals surface area contributed by atoms with Crippen molar-refractivity contribution in [1.82, 2.24) is 14.7 Å². The molecular formula is C32H33Cl2F6N3OS. The SMILES string of the molecule is Cl.Cl.O=C(c1cc(C(F)(F)F)cc(C(F)(F)F)c1)N1CCN(CC#CCN2CCSCC2)C[C@H]1Cc1ccc2ccccc2c1. The molecule has 244 valence electrons. The van der Waals surface area contributed by atoms with Crippen LogP contribution in [-0.4, -0.2) is 84.0 Å². The zero-order valence-electron chi connectivity index (χ0n) is 24.2. The molecule has 0 radical (unpaired) electrons. The first-order chi connectivity index (χ1) is 20.5. The Hall–Kier alpha value is -2.62. The Morgan fingerprint density at radius 2 is 1.36 bits per heavy atom. The molecule has 4 nitrogen and oxygen atoms in total. The molecular weight excluding hydrogens is 659 g/mol. The number of hydrogen-bond acceptors (Lipinski definition) is 4. The van der Waals surface area contributed by atoms with E-state index in [-0.39, 0.29) is 37.4 Å². The van der Waals surface area contributed by atoms with Crippen LogP contribution in [0.1, 0.15) is 27.0 Å². The molecule has 3 aromatic carbocycles. The van der Waals surface area contributed by atoms with E-state index >= 15 is 0 Å². The van der Waals surface area contributed by atoms with E-state index in [1.807, 2.05) is 54.2 Å². The van der Waals surface area contributed by atoms with Gasteiger partial charge in [-0.25, -0.2) is 0 Å². The summed E-state index contributed by atoms with van der Waals surface area (Å²) in [6.45, 7) is 4.08. The minimum atomic E-state index is -5.04. The van der Waals surface area contributed by atoms with Crippen molar-refractivity contribution in [2.24, 2.45) is 0 Å². The number of thioether (sulfide) groups is 1. The number of hydrogen-bond donors (Lipinski definition) is 0. The largest absolute Gasteiger partial charge is 0.416 e. The van der Waals surface area contributed by atoms with Crippen molar-refractivity contribution in [3.05, 3.63) is 82.9 Å². The van der Waals surface area contributed by atoms with Crippen LogP contribution < -0.4 is 0 Å². The van der Waals surface area contributed by atoms with Gasteiger partial charge < -0.3 is 4.90 Å². The van der Waals surface area contributed by atoms with Gasteiger partial charge in [0, 0.05) is 55.8 Å². The molecule has 2 fully saturated rings. The second kappa shape index (κ2) is 15.8. The van der Waals surface area contributed by atoms with E-state index in [4.69, 9.17) is 0 Å². The van der Waals surface area contributed by atoms with Crippen LogP contribution in [0.15, 0.2) is 60.7 Å². The monoisotopic (exact) mass is 691 g/mol. The highest BCUT2D eigenvalue weighted by molar-refractivity contribution is 7.99. The van der Waals surface area contributed by atoms with Gasteiger partial charge in [0.15, 0.2) is 0 Å². The molecule has 0 unspecified atom stereocenters. The Morgan fingerprint density at radius 1 is 0.756 bits per heavy atom. The Balaban J connectivity index is 0.00000276. The van der Waals surface area contributed by atoms with Crippen LogP contribution in [0.3, 0.4) is 0 Å². The topological polar surface area (TPSA) is 26.8 Å². The molecule has 45 heavy (non-hydrogen) atoms. The molecule has 2 aliphatic rings. The van der Waals surface area contributed by atoms with Crippen molar-refractivity contribution in [2.45, 2.75) is 24.8 Å². The molecule has 0 aromatic heterocycles. The lowest BCUT2D eigenvalue weighted by atomic mass is 9.97. The summed E-state index contributed by atoms with van der Waals surface area (Å²) in [5.74, 6) is 7.75. The number of halogens is 8. The van der Waals surface area contributed by atoms with E-state index in [1.54, 1.807) is 0 Å². The van der Waals surface area contributed by atoms with Crippen LogP contribution in [0.2, 0.25) is 0 Å². The summed E-state index contributed by atoms with van der Waals surface area (Å²) in [6, 6.07) is 14.3. The summed E-state index contributed by atoms with van der Waals surface area (Å²) in [5.41, 5.74) is -2.72. The van der Waals surface area contributed by atoms with Crippen molar-refractivity contribution < 1.29 is 31.1 Å². The third-order valence-electron chi connectivity index (χ3n) is 7.78. The minimum Gasteiger partial charge on any atom is -0.333 e. The second-order valence-corrected chi connectivity index (χ2v) is 12.0. The fourth-order valence-corrected chi connectivity index (χ4v) is 6.46. The minimum absolute atomic E-state index is 0. The fourth-order valence-electron chi connectivity index (χ4n) is 5.48. The summed E-state index contributed by atoms with van der Waals surface area (Å²) in [6.07, 6.45) is -9.69. The molecule has 0 bridgehead atoms. The van der Waals surface area contributed by atoms with Gasteiger partial charge in [-0.1, -0.05) is 54.3 Å². The number of alkyl halides is 6. The summed E-state index contributed by atoms with van der Waals surface area (Å²) in [5, 5.41) is 2.04. The normalized spacial score (nSPS) is 18.0. The quantitative estimate of drug-likeness (QED) is 0.210.